The average Bonchev–Trinajstić information content (AvgIpc) is 2.20. The van der Waals surface area contributed by atoms with Crippen molar-refractivity contribution < 1.29 is 15.0 Å². The topological polar surface area (TPSA) is 69.6 Å². The second-order valence-corrected chi connectivity index (χ2v) is 5.66. The first-order valence-corrected chi connectivity index (χ1v) is 6.05. The number of hydrogen-bond donors (Lipinski definition) is 3. The maximum absolute atomic E-state index is 11.6. The summed E-state index contributed by atoms with van der Waals surface area (Å²) in [5.41, 5.74) is 0.863. The van der Waals surface area contributed by atoms with E-state index < -0.39 is 0 Å². The van der Waals surface area contributed by atoms with Gasteiger partial charge in [0, 0.05) is 13.0 Å². The van der Waals surface area contributed by atoms with Crippen LogP contribution in [0.4, 0.5) is 0 Å². The van der Waals surface area contributed by atoms with Gasteiger partial charge < -0.3 is 15.5 Å². The summed E-state index contributed by atoms with van der Waals surface area (Å²) in [6, 6.07) is 4.68. The van der Waals surface area contributed by atoms with Crippen molar-refractivity contribution in [2.75, 3.05) is 6.54 Å². The summed E-state index contributed by atoms with van der Waals surface area (Å²) in [6.45, 7) is 6.58. The summed E-state index contributed by atoms with van der Waals surface area (Å²) in [6.07, 6.45) is 1.12. The third-order valence-corrected chi connectivity index (χ3v) is 2.47. The number of phenols is 2. The summed E-state index contributed by atoms with van der Waals surface area (Å²) in [4.78, 5) is 11.6. The predicted octanol–water partition coefficient (Wildman–Crippen LogP) is 2.19. The van der Waals surface area contributed by atoms with E-state index in [1.165, 1.54) is 12.1 Å². The van der Waals surface area contributed by atoms with E-state index in [4.69, 9.17) is 5.11 Å². The molecule has 0 saturated heterocycles. The Morgan fingerprint density at radius 3 is 2.44 bits per heavy atom. The van der Waals surface area contributed by atoms with Crippen molar-refractivity contribution in [1.82, 2.24) is 5.32 Å². The first-order valence-electron chi connectivity index (χ1n) is 6.05. The zero-order valence-corrected chi connectivity index (χ0v) is 11.2. The standard InChI is InChI=1S/C14H21NO3/c1-14(2,3)9-13(18)15-7-6-10-4-5-11(16)12(17)8-10/h4-5,8,16-17H,6-7,9H2,1-3H3,(H,15,18). The summed E-state index contributed by atoms with van der Waals surface area (Å²) < 4.78 is 0. The number of aromatic hydroxyl groups is 2. The van der Waals surface area contributed by atoms with Crippen LogP contribution in [0.5, 0.6) is 11.5 Å². The van der Waals surface area contributed by atoms with Crippen LogP contribution < -0.4 is 5.32 Å². The predicted molar refractivity (Wildman–Crippen MR) is 70.6 cm³/mol. The molecule has 1 amide bonds. The Labute approximate surface area is 108 Å². The molecule has 3 N–H and O–H groups in total. The van der Waals surface area contributed by atoms with Crippen molar-refractivity contribution in [2.24, 2.45) is 5.41 Å². The van der Waals surface area contributed by atoms with Crippen LogP contribution in [0.25, 0.3) is 0 Å². The summed E-state index contributed by atoms with van der Waals surface area (Å²) in [7, 11) is 0. The Kier molecular flexibility index (Phi) is 4.59. The minimum absolute atomic E-state index is 0.0130. The monoisotopic (exact) mass is 251 g/mol. The molecule has 1 rings (SSSR count). The number of carbonyl (C=O) groups is 1. The SMILES string of the molecule is CC(C)(C)CC(=O)NCCc1ccc(O)c(O)c1. The van der Waals surface area contributed by atoms with Gasteiger partial charge >= 0.3 is 0 Å². The highest BCUT2D eigenvalue weighted by molar-refractivity contribution is 5.76. The summed E-state index contributed by atoms with van der Waals surface area (Å²) >= 11 is 0. The molecule has 100 valence electrons. The first kappa shape index (κ1) is 14.4. The van der Waals surface area contributed by atoms with Gasteiger partial charge in [0.25, 0.3) is 0 Å². The molecule has 0 aliphatic rings. The van der Waals surface area contributed by atoms with Crippen molar-refractivity contribution in [3.05, 3.63) is 23.8 Å². The van der Waals surface area contributed by atoms with Crippen molar-refractivity contribution >= 4 is 5.91 Å². The number of hydrogen-bond acceptors (Lipinski definition) is 3. The molecular formula is C14H21NO3. The zero-order valence-electron chi connectivity index (χ0n) is 11.2. The number of carbonyl (C=O) groups excluding carboxylic acids is 1. The van der Waals surface area contributed by atoms with Gasteiger partial charge in [0.05, 0.1) is 0 Å². The lowest BCUT2D eigenvalue weighted by atomic mass is 9.92. The van der Waals surface area contributed by atoms with Gasteiger partial charge in [0.1, 0.15) is 0 Å². The second-order valence-electron chi connectivity index (χ2n) is 5.66. The van der Waals surface area contributed by atoms with Crippen molar-refractivity contribution in [3.8, 4) is 11.5 Å². The molecule has 0 heterocycles. The fraction of sp³-hybridized carbons (Fsp3) is 0.500. The zero-order chi connectivity index (χ0) is 13.8. The lowest BCUT2D eigenvalue weighted by Gasteiger charge is -2.17. The van der Waals surface area contributed by atoms with Crippen LogP contribution in [0.15, 0.2) is 18.2 Å². The fourth-order valence-electron chi connectivity index (χ4n) is 1.61. The van der Waals surface area contributed by atoms with Crippen LogP contribution in [0.2, 0.25) is 0 Å². The molecule has 0 atom stereocenters. The molecule has 0 fully saturated rings. The Bertz CT molecular complexity index is 422. The van der Waals surface area contributed by atoms with E-state index >= 15 is 0 Å². The van der Waals surface area contributed by atoms with E-state index in [1.54, 1.807) is 6.07 Å². The van der Waals surface area contributed by atoms with Gasteiger partial charge in [0.2, 0.25) is 5.91 Å². The molecule has 0 aliphatic carbocycles. The Morgan fingerprint density at radius 2 is 1.89 bits per heavy atom. The largest absolute Gasteiger partial charge is 0.504 e. The minimum atomic E-state index is -0.131. The van der Waals surface area contributed by atoms with Crippen molar-refractivity contribution in [2.45, 2.75) is 33.6 Å². The third-order valence-electron chi connectivity index (χ3n) is 2.47. The lowest BCUT2D eigenvalue weighted by Crippen LogP contribution is -2.29. The molecule has 1 aromatic rings. The van der Waals surface area contributed by atoms with Crippen LogP contribution in [-0.2, 0) is 11.2 Å². The maximum atomic E-state index is 11.6. The Balaban J connectivity index is 2.38. The second kappa shape index (κ2) is 5.76. The van der Waals surface area contributed by atoms with Crippen LogP contribution in [0.1, 0.15) is 32.8 Å². The molecular weight excluding hydrogens is 230 g/mol. The van der Waals surface area contributed by atoms with Crippen LogP contribution in [0, 0.1) is 5.41 Å². The number of phenolic OH excluding ortho intramolecular Hbond substituents is 2. The number of nitrogens with one attached hydrogen (secondary N) is 1. The van der Waals surface area contributed by atoms with E-state index in [2.05, 4.69) is 5.32 Å². The number of rotatable bonds is 4. The highest BCUT2D eigenvalue weighted by Crippen LogP contribution is 2.24. The van der Waals surface area contributed by atoms with E-state index in [1.807, 2.05) is 20.8 Å². The fourth-order valence-corrected chi connectivity index (χ4v) is 1.61. The van der Waals surface area contributed by atoms with E-state index in [0.29, 0.717) is 19.4 Å². The quantitative estimate of drug-likeness (QED) is 0.718. The Hall–Kier alpha value is -1.71. The molecule has 0 radical (unpaired) electrons. The molecule has 0 unspecified atom stereocenters. The molecule has 0 bridgehead atoms. The van der Waals surface area contributed by atoms with Crippen LogP contribution >= 0.6 is 0 Å². The molecule has 0 aliphatic heterocycles. The average molecular weight is 251 g/mol. The van der Waals surface area contributed by atoms with E-state index in [0.717, 1.165) is 5.56 Å². The van der Waals surface area contributed by atoms with Crippen LogP contribution in [0.3, 0.4) is 0 Å². The number of amides is 1. The van der Waals surface area contributed by atoms with Gasteiger partial charge in [-0.2, -0.15) is 0 Å². The lowest BCUT2D eigenvalue weighted by molar-refractivity contribution is -0.122. The smallest absolute Gasteiger partial charge is 0.220 e. The number of benzene rings is 1. The minimum Gasteiger partial charge on any atom is -0.504 e. The summed E-state index contributed by atoms with van der Waals surface area (Å²) in [5, 5.41) is 21.3. The maximum Gasteiger partial charge on any atom is 0.220 e. The molecule has 0 spiro atoms. The third kappa shape index (κ3) is 5.08. The Morgan fingerprint density at radius 1 is 1.22 bits per heavy atom. The van der Waals surface area contributed by atoms with Gasteiger partial charge in [-0.05, 0) is 29.5 Å². The van der Waals surface area contributed by atoms with Crippen LogP contribution in [-0.4, -0.2) is 22.7 Å². The highest BCUT2D eigenvalue weighted by atomic mass is 16.3. The molecule has 1 aromatic carbocycles. The van der Waals surface area contributed by atoms with E-state index in [9.17, 15) is 9.90 Å². The molecule has 0 saturated carbocycles. The van der Waals surface area contributed by atoms with Gasteiger partial charge in [-0.15, -0.1) is 0 Å². The van der Waals surface area contributed by atoms with Crippen molar-refractivity contribution in [3.63, 3.8) is 0 Å². The van der Waals surface area contributed by atoms with Gasteiger partial charge in [0.15, 0.2) is 11.5 Å². The highest BCUT2D eigenvalue weighted by Gasteiger charge is 2.15. The van der Waals surface area contributed by atoms with Gasteiger partial charge in [-0.25, -0.2) is 0 Å². The first-order chi connectivity index (χ1) is 8.28. The molecule has 18 heavy (non-hydrogen) atoms. The molecule has 4 nitrogen and oxygen atoms in total. The molecule has 0 aromatic heterocycles. The van der Waals surface area contributed by atoms with Gasteiger partial charge in [-0.1, -0.05) is 26.8 Å². The molecule has 4 heteroatoms. The summed E-state index contributed by atoms with van der Waals surface area (Å²) in [5.74, 6) is -0.227. The normalized spacial score (nSPS) is 11.3. The van der Waals surface area contributed by atoms with Crippen molar-refractivity contribution in [1.29, 1.82) is 0 Å². The van der Waals surface area contributed by atoms with E-state index in [-0.39, 0.29) is 22.8 Å². The van der Waals surface area contributed by atoms with Gasteiger partial charge in [-0.3, -0.25) is 4.79 Å².